The van der Waals surface area contributed by atoms with Crippen molar-refractivity contribution in [1.29, 1.82) is 0 Å². The molecule has 3 heterocycles. The highest BCUT2D eigenvalue weighted by Crippen LogP contribution is 2.32. The minimum atomic E-state index is -0.130. The Balaban J connectivity index is 1.92. The van der Waals surface area contributed by atoms with Gasteiger partial charge >= 0.3 is 0 Å². The van der Waals surface area contributed by atoms with Gasteiger partial charge in [0, 0.05) is 31.7 Å². The summed E-state index contributed by atoms with van der Waals surface area (Å²) in [5, 5.41) is 8.67. The van der Waals surface area contributed by atoms with E-state index in [-0.39, 0.29) is 18.1 Å². The number of methoxy groups -OCH3 is 1. The standard InChI is InChI=1S/C19H28N4O4/c1-6-16-14(11-26-21-16)10-22(4)19(24)18-15-9-12(2)27-13(3)17(15)20-23(18)7-8-25-5/h11-13H,6-10H2,1-5H3/t12-,13+/m1/s1. The number of rotatable bonds is 7. The highest BCUT2D eigenvalue weighted by Gasteiger charge is 2.33. The topological polar surface area (TPSA) is 82.6 Å². The first kappa shape index (κ1) is 19.6. The molecule has 3 rings (SSSR count). The van der Waals surface area contributed by atoms with Crippen molar-refractivity contribution in [2.45, 2.75) is 58.9 Å². The zero-order valence-corrected chi connectivity index (χ0v) is 16.7. The highest BCUT2D eigenvalue weighted by atomic mass is 16.5. The fraction of sp³-hybridized carbons (Fsp3) is 0.632. The SMILES string of the molecule is CCc1nocc1CN(C)C(=O)c1c2c(nn1CCOC)[C@H](C)O[C@H](C)C2. The van der Waals surface area contributed by atoms with E-state index in [0.717, 1.165) is 28.9 Å². The quantitative estimate of drug-likeness (QED) is 0.738. The number of carbonyl (C=O) groups excluding carboxylic acids is 1. The van der Waals surface area contributed by atoms with E-state index in [1.807, 2.05) is 20.8 Å². The fourth-order valence-electron chi connectivity index (χ4n) is 3.58. The van der Waals surface area contributed by atoms with Gasteiger partial charge in [-0.25, -0.2) is 0 Å². The lowest BCUT2D eigenvalue weighted by atomic mass is 9.99. The van der Waals surface area contributed by atoms with Gasteiger partial charge in [-0.2, -0.15) is 5.10 Å². The Morgan fingerprint density at radius 1 is 1.44 bits per heavy atom. The maximum Gasteiger partial charge on any atom is 0.272 e. The Labute approximate surface area is 159 Å². The average Bonchev–Trinajstić information content (AvgIpc) is 3.23. The first-order valence-corrected chi connectivity index (χ1v) is 9.37. The predicted octanol–water partition coefficient (Wildman–Crippen LogP) is 2.37. The molecule has 0 bridgehead atoms. The van der Waals surface area contributed by atoms with Gasteiger partial charge in [0.15, 0.2) is 0 Å². The molecule has 1 amide bonds. The molecule has 0 radical (unpaired) electrons. The molecule has 8 heteroatoms. The molecule has 0 unspecified atom stereocenters. The van der Waals surface area contributed by atoms with Gasteiger partial charge in [-0.05, 0) is 20.3 Å². The molecule has 0 saturated heterocycles. The molecule has 0 saturated carbocycles. The van der Waals surface area contributed by atoms with Gasteiger partial charge in [0.2, 0.25) is 0 Å². The van der Waals surface area contributed by atoms with Crippen molar-refractivity contribution in [1.82, 2.24) is 19.8 Å². The number of carbonyl (C=O) groups is 1. The smallest absolute Gasteiger partial charge is 0.272 e. The summed E-state index contributed by atoms with van der Waals surface area (Å²) in [4.78, 5) is 15.0. The molecular weight excluding hydrogens is 348 g/mol. The number of hydrogen-bond donors (Lipinski definition) is 0. The lowest BCUT2D eigenvalue weighted by Crippen LogP contribution is -2.31. The number of amides is 1. The van der Waals surface area contributed by atoms with Crippen molar-refractivity contribution in [2.75, 3.05) is 20.8 Å². The zero-order chi connectivity index (χ0) is 19.6. The summed E-state index contributed by atoms with van der Waals surface area (Å²) in [5.74, 6) is -0.0654. The number of aryl methyl sites for hydroxylation is 1. The van der Waals surface area contributed by atoms with Crippen LogP contribution in [0.2, 0.25) is 0 Å². The molecule has 0 N–H and O–H groups in total. The number of aromatic nitrogens is 3. The first-order chi connectivity index (χ1) is 13.0. The third-order valence-electron chi connectivity index (χ3n) is 4.92. The minimum absolute atomic E-state index is 0.0502. The summed E-state index contributed by atoms with van der Waals surface area (Å²) in [6, 6.07) is 0. The zero-order valence-electron chi connectivity index (χ0n) is 16.7. The molecule has 2 aromatic heterocycles. The van der Waals surface area contributed by atoms with Gasteiger partial charge in [0.25, 0.3) is 5.91 Å². The van der Waals surface area contributed by atoms with Crippen LogP contribution in [0, 0.1) is 0 Å². The average molecular weight is 376 g/mol. The third-order valence-corrected chi connectivity index (χ3v) is 4.92. The summed E-state index contributed by atoms with van der Waals surface area (Å²) in [6.45, 7) is 7.47. The summed E-state index contributed by atoms with van der Waals surface area (Å²) >= 11 is 0. The van der Waals surface area contributed by atoms with Crippen molar-refractivity contribution in [3.63, 3.8) is 0 Å². The Bertz CT molecular complexity index is 798. The van der Waals surface area contributed by atoms with E-state index >= 15 is 0 Å². The second kappa shape index (κ2) is 8.22. The highest BCUT2D eigenvalue weighted by molar-refractivity contribution is 5.94. The fourth-order valence-corrected chi connectivity index (χ4v) is 3.58. The number of nitrogens with zero attached hydrogens (tertiary/aromatic N) is 4. The second-order valence-electron chi connectivity index (χ2n) is 7.02. The van der Waals surface area contributed by atoms with E-state index < -0.39 is 0 Å². The van der Waals surface area contributed by atoms with Crippen molar-refractivity contribution in [3.05, 3.63) is 34.5 Å². The van der Waals surface area contributed by atoms with E-state index in [1.165, 1.54) is 0 Å². The van der Waals surface area contributed by atoms with Crippen LogP contribution in [0.15, 0.2) is 10.8 Å². The van der Waals surface area contributed by atoms with Gasteiger partial charge in [-0.3, -0.25) is 9.48 Å². The number of hydrogen-bond acceptors (Lipinski definition) is 6. The molecule has 0 fully saturated rings. The molecule has 1 aliphatic rings. The van der Waals surface area contributed by atoms with E-state index in [4.69, 9.17) is 14.0 Å². The molecular formula is C19H28N4O4. The lowest BCUT2D eigenvalue weighted by Gasteiger charge is -2.25. The van der Waals surface area contributed by atoms with E-state index in [1.54, 1.807) is 30.0 Å². The van der Waals surface area contributed by atoms with Crippen LogP contribution in [0.5, 0.6) is 0 Å². The molecule has 0 spiro atoms. The van der Waals surface area contributed by atoms with Crippen LogP contribution in [0.3, 0.4) is 0 Å². The van der Waals surface area contributed by atoms with Crippen molar-refractivity contribution < 1.29 is 18.8 Å². The summed E-state index contributed by atoms with van der Waals surface area (Å²) in [5.41, 5.74) is 4.26. The van der Waals surface area contributed by atoms with Crippen LogP contribution >= 0.6 is 0 Å². The third kappa shape index (κ3) is 3.91. The second-order valence-corrected chi connectivity index (χ2v) is 7.02. The van der Waals surface area contributed by atoms with E-state index in [9.17, 15) is 4.79 Å². The van der Waals surface area contributed by atoms with Crippen LogP contribution in [-0.2, 0) is 35.4 Å². The number of fused-ring (bicyclic) bond motifs is 1. The molecule has 8 nitrogen and oxygen atoms in total. The van der Waals surface area contributed by atoms with Gasteiger partial charge in [0.1, 0.15) is 12.0 Å². The van der Waals surface area contributed by atoms with Crippen LogP contribution in [-0.4, -0.2) is 52.6 Å². The first-order valence-electron chi connectivity index (χ1n) is 9.37. The maximum atomic E-state index is 13.3. The Morgan fingerprint density at radius 2 is 2.22 bits per heavy atom. The van der Waals surface area contributed by atoms with E-state index in [2.05, 4.69) is 10.3 Å². The van der Waals surface area contributed by atoms with E-state index in [0.29, 0.717) is 31.8 Å². The normalized spacial score (nSPS) is 19.1. The predicted molar refractivity (Wildman–Crippen MR) is 98.4 cm³/mol. The largest absolute Gasteiger partial charge is 0.383 e. The molecule has 2 aromatic rings. The Kier molecular flexibility index (Phi) is 5.96. The van der Waals surface area contributed by atoms with Gasteiger partial charge in [0.05, 0.1) is 43.3 Å². The number of ether oxygens (including phenoxy) is 2. The van der Waals surface area contributed by atoms with Crippen molar-refractivity contribution >= 4 is 5.91 Å². The molecule has 0 aromatic carbocycles. The molecule has 2 atom stereocenters. The van der Waals surface area contributed by atoms with Crippen molar-refractivity contribution in [3.8, 4) is 0 Å². The molecule has 0 aliphatic carbocycles. The van der Waals surface area contributed by atoms with Crippen LogP contribution in [0.4, 0.5) is 0 Å². The van der Waals surface area contributed by atoms with Gasteiger partial charge in [-0.15, -0.1) is 0 Å². The summed E-state index contributed by atoms with van der Waals surface area (Å²) in [7, 11) is 3.43. The van der Waals surface area contributed by atoms with Crippen LogP contribution in [0.1, 0.15) is 59.9 Å². The van der Waals surface area contributed by atoms with Gasteiger partial charge in [-0.1, -0.05) is 12.1 Å². The van der Waals surface area contributed by atoms with Crippen LogP contribution < -0.4 is 0 Å². The molecule has 148 valence electrons. The Hall–Kier alpha value is -2.19. The summed E-state index contributed by atoms with van der Waals surface area (Å²) in [6.07, 6.45) is 2.97. The maximum absolute atomic E-state index is 13.3. The van der Waals surface area contributed by atoms with Crippen LogP contribution in [0.25, 0.3) is 0 Å². The monoisotopic (exact) mass is 376 g/mol. The minimum Gasteiger partial charge on any atom is -0.383 e. The molecule has 1 aliphatic heterocycles. The summed E-state index contributed by atoms with van der Waals surface area (Å²) < 4.78 is 17.9. The molecule has 27 heavy (non-hydrogen) atoms. The van der Waals surface area contributed by atoms with Gasteiger partial charge < -0.3 is 18.9 Å². The van der Waals surface area contributed by atoms with Crippen molar-refractivity contribution in [2.24, 2.45) is 0 Å². The lowest BCUT2D eigenvalue weighted by molar-refractivity contribution is -0.00720. The Morgan fingerprint density at radius 3 is 2.93 bits per heavy atom.